The van der Waals surface area contributed by atoms with Crippen LogP contribution in [0, 0.1) is 6.92 Å². The van der Waals surface area contributed by atoms with Gasteiger partial charge in [-0.15, -0.1) is 5.10 Å². The van der Waals surface area contributed by atoms with E-state index in [4.69, 9.17) is 38.8 Å². The minimum atomic E-state index is -0.548. The van der Waals surface area contributed by atoms with Crippen molar-refractivity contribution in [3.8, 4) is 23.3 Å². The molecule has 1 aliphatic rings. The number of rotatable bonds is 14. The number of fused-ring (bicyclic) bond motifs is 1. The Hall–Kier alpha value is -4.78. The fraction of sp³-hybridized carbons (Fsp3) is 0.538. The van der Waals surface area contributed by atoms with Gasteiger partial charge in [-0.05, 0) is 71.7 Å². The Morgan fingerprint density at radius 3 is 2.33 bits per heavy atom. The monoisotopic (exact) mass is 717 g/mol. The first-order chi connectivity index (χ1) is 24.8. The molecule has 5 rings (SSSR count). The van der Waals surface area contributed by atoms with Crippen molar-refractivity contribution in [2.75, 3.05) is 45.9 Å². The van der Waals surface area contributed by atoms with E-state index in [9.17, 15) is 4.79 Å². The number of nitrogens with zero attached hydrogens (tertiary/aromatic N) is 7. The summed E-state index contributed by atoms with van der Waals surface area (Å²) in [6.07, 6.45) is 3.32. The zero-order valence-corrected chi connectivity index (χ0v) is 32.4. The third-order valence-corrected chi connectivity index (χ3v) is 9.08. The van der Waals surface area contributed by atoms with Gasteiger partial charge in [-0.3, -0.25) is 4.90 Å². The van der Waals surface area contributed by atoms with Crippen LogP contribution in [0.15, 0.2) is 42.6 Å². The molecule has 3 heterocycles. The molecule has 0 saturated carbocycles. The van der Waals surface area contributed by atoms with Gasteiger partial charge in [0.2, 0.25) is 0 Å². The number of aryl methyl sites for hydroxylation is 1. The lowest BCUT2D eigenvalue weighted by Crippen LogP contribution is -2.54. The van der Waals surface area contributed by atoms with Crippen LogP contribution in [-0.4, -0.2) is 94.2 Å². The lowest BCUT2D eigenvalue weighted by Gasteiger charge is -2.40. The third kappa shape index (κ3) is 9.36. The average molecular weight is 718 g/mol. The molecule has 52 heavy (non-hydrogen) atoms. The maximum Gasteiger partial charge on any atom is 0.410 e. The van der Waals surface area contributed by atoms with Crippen LogP contribution in [0.1, 0.15) is 76.8 Å². The Labute approximate surface area is 307 Å². The zero-order valence-electron chi connectivity index (χ0n) is 32.4. The highest BCUT2D eigenvalue weighted by atomic mass is 16.6. The van der Waals surface area contributed by atoms with Crippen LogP contribution in [-0.2, 0) is 24.4 Å². The first-order valence-electron chi connectivity index (χ1n) is 18.0. The molecule has 4 aromatic rings. The standard InChI is InChI=1S/C39H55N7O6/c1-11-12-28(4)51-37-41-36(35-40-21-31(46(35)42-37)25-43-17-18-45(27(3)22-43)38(47)52-39(5,6)7)44(23-29-14-13-26(2)19-33(29)49-9)24-30-15-16-32(48-8)20-34(30)50-10/h13-16,19-21,27-28H,11-12,17-18,22-25H2,1-10H3/t27-,28?/m0/s1. The largest absolute Gasteiger partial charge is 0.497 e. The van der Waals surface area contributed by atoms with Crippen molar-refractivity contribution in [2.45, 2.75) is 98.7 Å². The quantitative estimate of drug-likeness (QED) is 0.139. The average Bonchev–Trinajstić information content (AvgIpc) is 3.49. The Morgan fingerprint density at radius 2 is 1.69 bits per heavy atom. The number of anilines is 1. The lowest BCUT2D eigenvalue weighted by molar-refractivity contribution is 0.000354. The molecule has 1 amide bonds. The van der Waals surface area contributed by atoms with E-state index >= 15 is 0 Å². The van der Waals surface area contributed by atoms with E-state index in [0.717, 1.165) is 41.0 Å². The van der Waals surface area contributed by atoms with Gasteiger partial charge in [-0.2, -0.15) is 4.98 Å². The molecule has 1 fully saturated rings. The number of amides is 1. The van der Waals surface area contributed by atoms with Crippen LogP contribution in [0.5, 0.6) is 23.3 Å². The van der Waals surface area contributed by atoms with Crippen LogP contribution in [0.3, 0.4) is 0 Å². The topological polar surface area (TPSA) is 116 Å². The first kappa shape index (κ1) is 38.5. The van der Waals surface area contributed by atoms with E-state index in [0.29, 0.717) is 62.2 Å². The fourth-order valence-corrected chi connectivity index (χ4v) is 6.49. The summed E-state index contributed by atoms with van der Waals surface area (Å²) in [7, 11) is 4.99. The van der Waals surface area contributed by atoms with Crippen LogP contribution in [0.25, 0.3) is 5.65 Å². The second kappa shape index (κ2) is 16.7. The van der Waals surface area contributed by atoms with Crippen molar-refractivity contribution < 1.29 is 28.5 Å². The number of piperazine rings is 1. The highest BCUT2D eigenvalue weighted by molar-refractivity contribution is 5.69. The Bertz CT molecular complexity index is 1820. The van der Waals surface area contributed by atoms with Crippen LogP contribution < -0.4 is 23.8 Å². The van der Waals surface area contributed by atoms with Gasteiger partial charge in [0, 0.05) is 62.5 Å². The summed E-state index contributed by atoms with van der Waals surface area (Å²) in [6.45, 7) is 17.3. The van der Waals surface area contributed by atoms with Gasteiger partial charge < -0.3 is 33.5 Å². The number of hydrogen-bond donors (Lipinski definition) is 0. The van der Waals surface area contributed by atoms with Crippen LogP contribution in [0.4, 0.5) is 10.6 Å². The maximum atomic E-state index is 12.9. The summed E-state index contributed by atoms with van der Waals surface area (Å²) in [5.74, 6) is 2.80. The van der Waals surface area contributed by atoms with Gasteiger partial charge in [0.1, 0.15) is 22.8 Å². The highest BCUT2D eigenvalue weighted by Gasteiger charge is 2.32. The molecule has 282 valence electrons. The number of ether oxygens (including phenoxy) is 5. The number of benzene rings is 2. The molecule has 0 N–H and O–H groups in total. The fourth-order valence-electron chi connectivity index (χ4n) is 6.49. The van der Waals surface area contributed by atoms with Gasteiger partial charge in [-0.1, -0.05) is 25.5 Å². The van der Waals surface area contributed by atoms with E-state index in [1.807, 2.05) is 74.5 Å². The predicted molar refractivity (Wildman–Crippen MR) is 201 cm³/mol. The van der Waals surface area contributed by atoms with Crippen molar-refractivity contribution in [1.82, 2.24) is 29.4 Å². The third-order valence-electron chi connectivity index (χ3n) is 9.08. The van der Waals surface area contributed by atoms with Crippen molar-refractivity contribution in [1.29, 1.82) is 0 Å². The molecule has 2 atom stereocenters. The summed E-state index contributed by atoms with van der Waals surface area (Å²) in [4.78, 5) is 29.1. The minimum Gasteiger partial charge on any atom is -0.497 e. The molecule has 0 radical (unpaired) electrons. The van der Waals surface area contributed by atoms with Gasteiger partial charge >= 0.3 is 12.1 Å². The van der Waals surface area contributed by atoms with Gasteiger partial charge in [0.25, 0.3) is 0 Å². The van der Waals surface area contributed by atoms with Crippen molar-refractivity contribution in [2.24, 2.45) is 0 Å². The number of carbonyl (C=O) groups is 1. The van der Waals surface area contributed by atoms with Crippen LogP contribution in [0.2, 0.25) is 0 Å². The molecule has 1 aliphatic heterocycles. The number of methoxy groups -OCH3 is 3. The van der Waals surface area contributed by atoms with Crippen LogP contribution >= 0.6 is 0 Å². The lowest BCUT2D eigenvalue weighted by atomic mass is 10.1. The maximum absolute atomic E-state index is 12.9. The molecule has 2 aromatic carbocycles. The zero-order chi connectivity index (χ0) is 37.6. The Kier molecular flexibility index (Phi) is 12.4. The summed E-state index contributed by atoms with van der Waals surface area (Å²) in [5, 5.41) is 4.90. The summed E-state index contributed by atoms with van der Waals surface area (Å²) in [5.41, 5.74) is 3.98. The summed E-state index contributed by atoms with van der Waals surface area (Å²) < 4.78 is 31.0. The number of carbonyl (C=O) groups excluding carboxylic acids is 1. The number of imidazole rings is 1. The number of aromatic nitrogens is 4. The van der Waals surface area contributed by atoms with Crippen molar-refractivity contribution >= 4 is 17.6 Å². The van der Waals surface area contributed by atoms with Gasteiger partial charge in [0.05, 0.1) is 39.3 Å². The molecule has 0 spiro atoms. The van der Waals surface area contributed by atoms with E-state index in [1.54, 1.807) is 21.3 Å². The molecular formula is C39H55N7O6. The molecule has 13 heteroatoms. The Morgan fingerprint density at radius 1 is 1.00 bits per heavy atom. The molecule has 1 unspecified atom stereocenters. The van der Waals surface area contributed by atoms with Crippen molar-refractivity contribution in [3.05, 3.63) is 65.0 Å². The smallest absolute Gasteiger partial charge is 0.410 e. The first-order valence-corrected chi connectivity index (χ1v) is 18.0. The van der Waals surface area contributed by atoms with Crippen molar-refractivity contribution in [3.63, 3.8) is 0 Å². The number of hydrogen-bond acceptors (Lipinski definition) is 11. The highest BCUT2D eigenvalue weighted by Crippen LogP contribution is 2.32. The molecule has 0 bridgehead atoms. The molecule has 1 saturated heterocycles. The SMILES string of the molecule is CCCC(C)Oc1nc(N(Cc2ccc(C)cc2OC)Cc2ccc(OC)cc2OC)c2ncc(CN3CCN(C(=O)OC(C)(C)C)[C@@H](C)C3)n2n1. The van der Waals surface area contributed by atoms with E-state index in [1.165, 1.54) is 0 Å². The normalized spacial score (nSPS) is 15.7. The van der Waals surface area contributed by atoms with E-state index in [-0.39, 0.29) is 24.2 Å². The predicted octanol–water partition coefficient (Wildman–Crippen LogP) is 6.67. The van der Waals surface area contributed by atoms with Gasteiger partial charge in [0.15, 0.2) is 11.5 Å². The molecule has 2 aromatic heterocycles. The molecular weight excluding hydrogens is 662 g/mol. The summed E-state index contributed by atoms with van der Waals surface area (Å²) in [6, 6.07) is 12.3. The second-order valence-electron chi connectivity index (χ2n) is 14.5. The second-order valence-corrected chi connectivity index (χ2v) is 14.5. The summed E-state index contributed by atoms with van der Waals surface area (Å²) >= 11 is 0. The van der Waals surface area contributed by atoms with E-state index < -0.39 is 5.60 Å². The molecule has 0 aliphatic carbocycles. The van der Waals surface area contributed by atoms with E-state index in [2.05, 4.69) is 35.8 Å². The minimum absolute atomic E-state index is 0.0266. The Balaban J connectivity index is 1.55. The molecule has 13 nitrogen and oxygen atoms in total. The van der Waals surface area contributed by atoms with Gasteiger partial charge in [-0.25, -0.2) is 14.3 Å².